The Kier molecular flexibility index (Phi) is 8.32. The summed E-state index contributed by atoms with van der Waals surface area (Å²) in [6, 6.07) is 20.1. The topological polar surface area (TPSA) is 63.0 Å². The molecule has 0 bridgehead atoms. The fourth-order valence-corrected chi connectivity index (χ4v) is 4.43. The molecule has 0 aliphatic carbocycles. The average Bonchev–Trinajstić information content (AvgIpc) is 3.34. The summed E-state index contributed by atoms with van der Waals surface area (Å²) in [4.78, 5) is 29.1. The summed E-state index contributed by atoms with van der Waals surface area (Å²) in [6.07, 6.45) is 1.48. The molecule has 0 N–H and O–H groups in total. The van der Waals surface area contributed by atoms with Gasteiger partial charge in [-0.1, -0.05) is 42.5 Å². The largest absolute Gasteiger partial charge is 0.466 e. The number of furan rings is 1. The number of ether oxygens (including phenoxy) is 1. The fourth-order valence-electron chi connectivity index (χ4n) is 4.43. The fraction of sp³-hybridized carbons (Fsp3) is 0.357. The Bertz CT molecular complexity index is 1110. The van der Waals surface area contributed by atoms with Crippen molar-refractivity contribution >= 4 is 11.9 Å². The Morgan fingerprint density at radius 2 is 1.71 bits per heavy atom. The van der Waals surface area contributed by atoms with Crippen molar-refractivity contribution in [2.24, 2.45) is 5.92 Å². The predicted octanol–water partition coefficient (Wildman–Crippen LogP) is 5.04. The average molecular weight is 479 g/mol. The van der Waals surface area contributed by atoms with Gasteiger partial charge in [0, 0.05) is 26.2 Å². The minimum Gasteiger partial charge on any atom is -0.466 e. The van der Waals surface area contributed by atoms with E-state index in [2.05, 4.69) is 17.0 Å². The van der Waals surface area contributed by atoms with E-state index in [0.717, 1.165) is 24.0 Å². The Hall–Kier alpha value is -3.45. The van der Waals surface area contributed by atoms with Gasteiger partial charge in [0.1, 0.15) is 11.6 Å². The Morgan fingerprint density at radius 3 is 2.43 bits per heavy atom. The molecule has 1 aliphatic heterocycles. The quantitative estimate of drug-likeness (QED) is 0.404. The van der Waals surface area contributed by atoms with Crippen molar-refractivity contribution in [3.8, 4) is 0 Å². The predicted molar refractivity (Wildman–Crippen MR) is 130 cm³/mol. The van der Waals surface area contributed by atoms with Crippen molar-refractivity contribution in [2.75, 3.05) is 19.7 Å². The van der Waals surface area contributed by atoms with E-state index < -0.39 is 0 Å². The zero-order chi connectivity index (χ0) is 24.6. The molecule has 1 amide bonds. The molecular formula is C28H31FN2O4. The van der Waals surface area contributed by atoms with Crippen molar-refractivity contribution in [2.45, 2.75) is 39.4 Å². The third-order valence-corrected chi connectivity index (χ3v) is 6.15. The van der Waals surface area contributed by atoms with E-state index in [1.54, 1.807) is 30.0 Å². The standard InChI is InChI=1S/C28H31FN2O4/c1-2-34-28(33)23-9-6-16-31(19-23)27(32)26-15-14-25(35-26)20-30(17-21-7-4-3-5-8-21)18-22-10-12-24(29)13-11-22/h3-5,7-8,10-15,23H,2,6,9,16-20H2,1H3. The number of hydrogen-bond acceptors (Lipinski definition) is 5. The first-order valence-electron chi connectivity index (χ1n) is 12.1. The summed E-state index contributed by atoms with van der Waals surface area (Å²) in [5.74, 6) is -0.0724. The van der Waals surface area contributed by atoms with Crippen molar-refractivity contribution in [3.63, 3.8) is 0 Å². The van der Waals surface area contributed by atoms with E-state index in [9.17, 15) is 14.0 Å². The van der Waals surface area contributed by atoms with Gasteiger partial charge in [-0.15, -0.1) is 0 Å². The zero-order valence-corrected chi connectivity index (χ0v) is 20.0. The molecule has 0 radical (unpaired) electrons. The molecule has 1 aliphatic rings. The minimum atomic E-state index is -0.292. The normalized spacial score (nSPS) is 15.9. The van der Waals surface area contributed by atoms with Gasteiger partial charge in [0.2, 0.25) is 0 Å². The zero-order valence-electron chi connectivity index (χ0n) is 20.0. The van der Waals surface area contributed by atoms with Crippen LogP contribution in [0.4, 0.5) is 4.39 Å². The lowest BCUT2D eigenvalue weighted by molar-refractivity contribution is -0.149. The number of carbonyl (C=O) groups excluding carboxylic acids is 2. The number of amides is 1. The first-order chi connectivity index (χ1) is 17.0. The van der Waals surface area contributed by atoms with Crippen LogP contribution in [0.25, 0.3) is 0 Å². The minimum absolute atomic E-state index is 0.210. The van der Waals surface area contributed by atoms with E-state index in [4.69, 9.17) is 9.15 Å². The molecule has 1 aromatic heterocycles. The van der Waals surface area contributed by atoms with Crippen molar-refractivity contribution in [1.29, 1.82) is 0 Å². The summed E-state index contributed by atoms with van der Waals surface area (Å²) in [6.45, 7) is 4.83. The third-order valence-electron chi connectivity index (χ3n) is 6.15. The third kappa shape index (κ3) is 6.79. The summed E-state index contributed by atoms with van der Waals surface area (Å²) in [7, 11) is 0. The smallest absolute Gasteiger partial charge is 0.310 e. The SMILES string of the molecule is CCOC(=O)C1CCCN(C(=O)c2ccc(CN(Cc3ccccc3)Cc3ccc(F)cc3)o2)C1. The van der Waals surface area contributed by atoms with Gasteiger partial charge in [-0.25, -0.2) is 4.39 Å². The van der Waals surface area contributed by atoms with Crippen LogP contribution in [0.3, 0.4) is 0 Å². The highest BCUT2D eigenvalue weighted by molar-refractivity contribution is 5.92. The van der Waals surface area contributed by atoms with E-state index in [0.29, 0.717) is 45.1 Å². The molecule has 1 fully saturated rings. The van der Waals surface area contributed by atoms with Crippen LogP contribution in [-0.2, 0) is 29.2 Å². The van der Waals surface area contributed by atoms with Crippen molar-refractivity contribution in [3.05, 3.63) is 95.2 Å². The van der Waals surface area contributed by atoms with E-state index >= 15 is 0 Å². The number of likely N-dealkylation sites (tertiary alicyclic amines) is 1. The second-order valence-corrected chi connectivity index (χ2v) is 8.87. The van der Waals surface area contributed by atoms with Gasteiger partial charge < -0.3 is 14.1 Å². The lowest BCUT2D eigenvalue weighted by Gasteiger charge is -2.30. The van der Waals surface area contributed by atoms with Crippen LogP contribution in [-0.4, -0.2) is 41.4 Å². The molecule has 35 heavy (non-hydrogen) atoms. The molecule has 0 saturated carbocycles. The number of hydrogen-bond donors (Lipinski definition) is 0. The lowest BCUT2D eigenvalue weighted by atomic mass is 9.98. The summed E-state index contributed by atoms with van der Waals surface area (Å²) >= 11 is 0. The van der Waals surface area contributed by atoms with Crippen LogP contribution in [0.5, 0.6) is 0 Å². The van der Waals surface area contributed by atoms with Gasteiger partial charge in [0.25, 0.3) is 5.91 Å². The molecular weight excluding hydrogens is 447 g/mol. The second-order valence-electron chi connectivity index (χ2n) is 8.87. The maximum absolute atomic E-state index is 13.4. The lowest BCUT2D eigenvalue weighted by Crippen LogP contribution is -2.42. The Labute approximate surface area is 205 Å². The van der Waals surface area contributed by atoms with Crippen LogP contribution in [0.15, 0.2) is 71.1 Å². The number of carbonyl (C=O) groups is 2. The van der Waals surface area contributed by atoms with Crippen LogP contribution in [0.1, 0.15) is 47.2 Å². The molecule has 1 atom stereocenters. The molecule has 2 heterocycles. The molecule has 4 rings (SSSR count). The highest BCUT2D eigenvalue weighted by Crippen LogP contribution is 2.22. The number of esters is 1. The van der Waals surface area contributed by atoms with Gasteiger partial charge in [0.05, 0.1) is 19.1 Å². The summed E-state index contributed by atoms with van der Waals surface area (Å²) in [5, 5.41) is 0. The van der Waals surface area contributed by atoms with E-state index in [1.807, 2.05) is 24.3 Å². The maximum Gasteiger partial charge on any atom is 0.310 e. The van der Waals surface area contributed by atoms with E-state index in [1.165, 1.54) is 12.1 Å². The van der Waals surface area contributed by atoms with Crippen LogP contribution in [0, 0.1) is 11.7 Å². The van der Waals surface area contributed by atoms with Gasteiger partial charge in [-0.05, 0) is 55.2 Å². The number of benzene rings is 2. The summed E-state index contributed by atoms with van der Waals surface area (Å²) in [5.41, 5.74) is 2.14. The van der Waals surface area contributed by atoms with E-state index in [-0.39, 0.29) is 29.4 Å². The molecule has 1 unspecified atom stereocenters. The van der Waals surface area contributed by atoms with Crippen LogP contribution < -0.4 is 0 Å². The molecule has 3 aromatic rings. The van der Waals surface area contributed by atoms with Crippen LogP contribution >= 0.6 is 0 Å². The highest BCUT2D eigenvalue weighted by atomic mass is 19.1. The van der Waals surface area contributed by atoms with Gasteiger partial charge in [-0.3, -0.25) is 14.5 Å². The van der Waals surface area contributed by atoms with Crippen molar-refractivity contribution < 1.29 is 23.1 Å². The second kappa shape index (κ2) is 11.8. The van der Waals surface area contributed by atoms with Gasteiger partial charge >= 0.3 is 5.97 Å². The number of halogens is 1. The first-order valence-corrected chi connectivity index (χ1v) is 12.1. The Morgan fingerprint density at radius 1 is 1.00 bits per heavy atom. The first kappa shape index (κ1) is 24.7. The summed E-state index contributed by atoms with van der Waals surface area (Å²) < 4.78 is 24.5. The molecule has 184 valence electrons. The molecule has 0 spiro atoms. The number of nitrogens with zero attached hydrogens (tertiary/aromatic N) is 2. The maximum atomic E-state index is 13.4. The number of rotatable bonds is 9. The monoisotopic (exact) mass is 478 g/mol. The molecule has 7 heteroatoms. The highest BCUT2D eigenvalue weighted by Gasteiger charge is 2.31. The number of piperidine rings is 1. The Balaban J connectivity index is 1.44. The van der Waals surface area contributed by atoms with Gasteiger partial charge in [-0.2, -0.15) is 0 Å². The molecule has 1 saturated heterocycles. The van der Waals surface area contributed by atoms with Gasteiger partial charge in [0.15, 0.2) is 5.76 Å². The van der Waals surface area contributed by atoms with Crippen LogP contribution in [0.2, 0.25) is 0 Å². The van der Waals surface area contributed by atoms with Crippen molar-refractivity contribution in [1.82, 2.24) is 9.80 Å². The molecule has 2 aromatic carbocycles. The molecule has 6 nitrogen and oxygen atoms in total.